The molecule has 0 aromatic carbocycles. The fourth-order valence-corrected chi connectivity index (χ4v) is 1.40. The van der Waals surface area contributed by atoms with Crippen LogP contribution in [0.5, 0.6) is 0 Å². The summed E-state index contributed by atoms with van der Waals surface area (Å²) in [6.07, 6.45) is 1.33. The van der Waals surface area contributed by atoms with Crippen LogP contribution in [0.4, 0.5) is 0 Å². The van der Waals surface area contributed by atoms with Crippen LogP contribution in [-0.2, 0) is 29.4 Å². The molecule has 1 heterocycles. The van der Waals surface area contributed by atoms with Crippen molar-refractivity contribution in [3.05, 3.63) is 17.5 Å². The molecule has 0 saturated heterocycles. The number of hydrogen-bond donors (Lipinski definition) is 1. The molecule has 1 aromatic rings. The van der Waals surface area contributed by atoms with Gasteiger partial charge in [0, 0.05) is 19.2 Å². The molecule has 0 saturated carbocycles. The van der Waals surface area contributed by atoms with E-state index in [1.165, 1.54) is 7.11 Å². The molecule has 0 bridgehead atoms. The second-order valence-corrected chi connectivity index (χ2v) is 3.44. The van der Waals surface area contributed by atoms with Crippen LogP contribution in [0.1, 0.15) is 18.3 Å². The lowest BCUT2D eigenvalue weighted by atomic mass is 10.1. The third-order valence-corrected chi connectivity index (χ3v) is 2.32. The molecule has 5 nitrogen and oxygen atoms in total. The number of carbonyl (C=O) groups is 1. The summed E-state index contributed by atoms with van der Waals surface area (Å²) in [5.74, 6) is -0.394. The zero-order valence-corrected chi connectivity index (χ0v) is 9.36. The second kappa shape index (κ2) is 4.93. The van der Waals surface area contributed by atoms with Crippen LogP contribution >= 0.6 is 0 Å². The van der Waals surface area contributed by atoms with Crippen molar-refractivity contribution >= 4 is 5.97 Å². The number of rotatable bonds is 4. The molecule has 0 aliphatic rings. The first-order chi connectivity index (χ1) is 7.08. The highest BCUT2D eigenvalue weighted by Crippen LogP contribution is 2.06. The van der Waals surface area contributed by atoms with Crippen molar-refractivity contribution in [1.82, 2.24) is 9.78 Å². The maximum atomic E-state index is 11.1. The zero-order chi connectivity index (χ0) is 11.4. The molecule has 2 N–H and O–H groups in total. The lowest BCUT2D eigenvalue weighted by Crippen LogP contribution is -2.34. The normalized spacial score (nSPS) is 12.5. The summed E-state index contributed by atoms with van der Waals surface area (Å²) < 4.78 is 6.32. The SMILES string of the molecule is CCc1cc(CC(N)C(=O)OC)n(C)n1. The molecule has 0 fully saturated rings. The molecular weight excluding hydrogens is 194 g/mol. The molecule has 0 spiro atoms. The smallest absolute Gasteiger partial charge is 0.323 e. The first-order valence-electron chi connectivity index (χ1n) is 4.93. The Hall–Kier alpha value is -1.36. The Morgan fingerprint density at radius 2 is 2.40 bits per heavy atom. The number of methoxy groups -OCH3 is 1. The maximum absolute atomic E-state index is 11.1. The Kier molecular flexibility index (Phi) is 3.85. The molecule has 0 aliphatic carbocycles. The summed E-state index contributed by atoms with van der Waals surface area (Å²) in [6, 6.07) is 1.35. The van der Waals surface area contributed by atoms with E-state index in [1.807, 2.05) is 20.0 Å². The van der Waals surface area contributed by atoms with Gasteiger partial charge in [0.2, 0.25) is 0 Å². The Bertz CT molecular complexity index is 346. The van der Waals surface area contributed by atoms with E-state index in [2.05, 4.69) is 9.84 Å². The van der Waals surface area contributed by atoms with E-state index in [1.54, 1.807) is 4.68 Å². The van der Waals surface area contributed by atoms with E-state index in [-0.39, 0.29) is 0 Å². The van der Waals surface area contributed by atoms with E-state index in [4.69, 9.17) is 5.73 Å². The van der Waals surface area contributed by atoms with Crippen LogP contribution in [0.3, 0.4) is 0 Å². The highest BCUT2D eigenvalue weighted by Gasteiger charge is 2.16. The van der Waals surface area contributed by atoms with Gasteiger partial charge in [-0.05, 0) is 12.5 Å². The molecule has 0 amide bonds. The first kappa shape index (κ1) is 11.7. The Labute approximate surface area is 89.2 Å². The van der Waals surface area contributed by atoms with Gasteiger partial charge in [-0.3, -0.25) is 9.48 Å². The number of nitrogens with zero attached hydrogens (tertiary/aromatic N) is 2. The van der Waals surface area contributed by atoms with Crippen molar-refractivity contribution in [3.8, 4) is 0 Å². The van der Waals surface area contributed by atoms with Gasteiger partial charge in [0.25, 0.3) is 0 Å². The number of aryl methyl sites for hydroxylation is 2. The van der Waals surface area contributed by atoms with E-state index < -0.39 is 12.0 Å². The van der Waals surface area contributed by atoms with E-state index >= 15 is 0 Å². The number of hydrogen-bond acceptors (Lipinski definition) is 4. The standard InChI is InChI=1S/C10H17N3O2/c1-4-7-5-8(13(2)12-7)6-9(11)10(14)15-3/h5,9H,4,6,11H2,1-3H3. The minimum absolute atomic E-state index is 0.394. The maximum Gasteiger partial charge on any atom is 0.323 e. The van der Waals surface area contributed by atoms with Gasteiger partial charge < -0.3 is 10.5 Å². The molecule has 5 heteroatoms. The number of esters is 1. The van der Waals surface area contributed by atoms with Gasteiger partial charge in [0.15, 0.2) is 0 Å². The molecule has 1 unspecified atom stereocenters. The van der Waals surface area contributed by atoms with Crippen LogP contribution in [0.2, 0.25) is 0 Å². The average molecular weight is 211 g/mol. The summed E-state index contributed by atoms with van der Waals surface area (Å²) in [5.41, 5.74) is 7.62. The van der Waals surface area contributed by atoms with Crippen molar-refractivity contribution < 1.29 is 9.53 Å². The summed E-state index contributed by atoms with van der Waals surface area (Å²) in [4.78, 5) is 11.1. The van der Waals surface area contributed by atoms with Gasteiger partial charge >= 0.3 is 5.97 Å². The fraction of sp³-hybridized carbons (Fsp3) is 0.600. The highest BCUT2D eigenvalue weighted by atomic mass is 16.5. The van der Waals surface area contributed by atoms with Crippen molar-refractivity contribution in [2.24, 2.45) is 12.8 Å². The average Bonchev–Trinajstić information content (AvgIpc) is 2.58. The molecule has 1 atom stereocenters. The summed E-state index contributed by atoms with van der Waals surface area (Å²) >= 11 is 0. The van der Waals surface area contributed by atoms with Gasteiger partial charge in [-0.15, -0.1) is 0 Å². The van der Waals surface area contributed by atoms with Crippen molar-refractivity contribution in [2.45, 2.75) is 25.8 Å². The molecular formula is C10H17N3O2. The lowest BCUT2D eigenvalue weighted by Gasteiger charge is -2.08. The summed E-state index contributed by atoms with van der Waals surface area (Å²) in [7, 11) is 3.18. The molecule has 1 rings (SSSR count). The van der Waals surface area contributed by atoms with E-state index in [9.17, 15) is 4.79 Å². The Balaban J connectivity index is 2.71. The Morgan fingerprint density at radius 1 is 1.73 bits per heavy atom. The highest BCUT2D eigenvalue weighted by molar-refractivity contribution is 5.75. The molecule has 0 radical (unpaired) electrons. The van der Waals surface area contributed by atoms with Crippen LogP contribution in [0.15, 0.2) is 6.07 Å². The third-order valence-electron chi connectivity index (χ3n) is 2.32. The van der Waals surface area contributed by atoms with Gasteiger partial charge in [0.1, 0.15) is 6.04 Å². The van der Waals surface area contributed by atoms with Crippen LogP contribution < -0.4 is 5.73 Å². The summed E-state index contributed by atoms with van der Waals surface area (Å²) in [6.45, 7) is 2.03. The molecule has 0 aliphatic heterocycles. The quantitative estimate of drug-likeness (QED) is 0.713. The first-order valence-corrected chi connectivity index (χ1v) is 4.93. The van der Waals surface area contributed by atoms with Gasteiger partial charge in [-0.1, -0.05) is 6.92 Å². The Morgan fingerprint density at radius 3 is 2.87 bits per heavy atom. The van der Waals surface area contributed by atoms with Crippen LogP contribution in [0, 0.1) is 0 Å². The minimum atomic E-state index is -0.616. The number of aromatic nitrogens is 2. The van der Waals surface area contributed by atoms with Crippen molar-refractivity contribution in [1.29, 1.82) is 0 Å². The van der Waals surface area contributed by atoms with Crippen molar-refractivity contribution in [2.75, 3.05) is 7.11 Å². The molecule has 15 heavy (non-hydrogen) atoms. The van der Waals surface area contributed by atoms with E-state index in [0.29, 0.717) is 6.42 Å². The van der Waals surface area contributed by atoms with Crippen LogP contribution in [-0.4, -0.2) is 28.9 Å². The van der Waals surface area contributed by atoms with Gasteiger partial charge in [-0.2, -0.15) is 5.10 Å². The molecule has 84 valence electrons. The third kappa shape index (κ3) is 2.79. The monoisotopic (exact) mass is 211 g/mol. The van der Waals surface area contributed by atoms with Gasteiger partial charge in [-0.25, -0.2) is 0 Å². The van der Waals surface area contributed by atoms with E-state index in [0.717, 1.165) is 17.8 Å². The zero-order valence-electron chi connectivity index (χ0n) is 9.36. The summed E-state index contributed by atoms with van der Waals surface area (Å²) in [5, 5.41) is 4.28. The fourth-order valence-electron chi connectivity index (χ4n) is 1.40. The lowest BCUT2D eigenvalue weighted by molar-refractivity contribution is -0.142. The topological polar surface area (TPSA) is 70.1 Å². The van der Waals surface area contributed by atoms with Crippen molar-refractivity contribution in [3.63, 3.8) is 0 Å². The number of carbonyl (C=O) groups excluding carboxylic acids is 1. The largest absolute Gasteiger partial charge is 0.468 e. The predicted octanol–water partition coefficient (Wildman–Crippen LogP) is 0.0253. The van der Waals surface area contributed by atoms with Gasteiger partial charge in [0.05, 0.1) is 12.8 Å². The molecule has 1 aromatic heterocycles. The second-order valence-electron chi connectivity index (χ2n) is 3.44. The van der Waals surface area contributed by atoms with Crippen LogP contribution in [0.25, 0.3) is 0 Å². The minimum Gasteiger partial charge on any atom is -0.468 e. The predicted molar refractivity (Wildman–Crippen MR) is 56.3 cm³/mol. The number of ether oxygens (including phenoxy) is 1. The number of nitrogens with two attached hydrogens (primary N) is 1.